The van der Waals surface area contributed by atoms with Gasteiger partial charge in [0.25, 0.3) is 0 Å². The third-order valence-corrected chi connectivity index (χ3v) is 7.18. The molecule has 0 aromatic heterocycles. The Morgan fingerprint density at radius 1 is 1.00 bits per heavy atom. The van der Waals surface area contributed by atoms with Crippen LogP contribution in [0.15, 0.2) is 78.9 Å². The molecular formula is C29H32ClFN2O2S. The summed E-state index contributed by atoms with van der Waals surface area (Å²) in [6, 6.07) is 22.7. The van der Waals surface area contributed by atoms with Crippen LogP contribution in [0.2, 0.25) is 5.02 Å². The maximum absolute atomic E-state index is 14.6. The Morgan fingerprint density at radius 2 is 1.69 bits per heavy atom. The van der Waals surface area contributed by atoms with Crippen molar-refractivity contribution in [1.29, 1.82) is 0 Å². The van der Waals surface area contributed by atoms with Crippen LogP contribution in [0.3, 0.4) is 0 Å². The fraction of sp³-hybridized carbons (Fsp3) is 0.310. The number of amides is 2. The molecule has 2 atom stereocenters. The average Bonchev–Trinajstić information content (AvgIpc) is 2.87. The molecule has 0 aliphatic carbocycles. The first-order chi connectivity index (χ1) is 17.4. The molecule has 4 nitrogen and oxygen atoms in total. The van der Waals surface area contributed by atoms with Crippen LogP contribution in [0.4, 0.5) is 4.39 Å². The number of nitrogens with zero attached hydrogens (tertiary/aromatic N) is 1. The summed E-state index contributed by atoms with van der Waals surface area (Å²) in [5, 5.41) is 3.67. The van der Waals surface area contributed by atoms with Gasteiger partial charge in [-0.1, -0.05) is 79.2 Å². The molecule has 0 saturated carbocycles. The molecule has 2 amide bonds. The predicted octanol–water partition coefficient (Wildman–Crippen LogP) is 6.27. The van der Waals surface area contributed by atoms with E-state index in [4.69, 9.17) is 11.6 Å². The van der Waals surface area contributed by atoms with E-state index in [-0.39, 0.29) is 30.2 Å². The normalized spacial score (nSPS) is 12.6. The van der Waals surface area contributed by atoms with Gasteiger partial charge in [0.2, 0.25) is 11.8 Å². The van der Waals surface area contributed by atoms with Crippen LogP contribution >= 0.6 is 23.4 Å². The minimum Gasteiger partial charge on any atom is -0.352 e. The highest BCUT2D eigenvalue weighted by Gasteiger charge is 2.31. The maximum Gasteiger partial charge on any atom is 0.243 e. The van der Waals surface area contributed by atoms with Gasteiger partial charge in [-0.2, -0.15) is 0 Å². The largest absolute Gasteiger partial charge is 0.352 e. The molecule has 0 spiro atoms. The number of halogens is 2. The van der Waals surface area contributed by atoms with Gasteiger partial charge >= 0.3 is 0 Å². The summed E-state index contributed by atoms with van der Waals surface area (Å²) < 4.78 is 14.6. The highest BCUT2D eigenvalue weighted by molar-refractivity contribution is 7.99. The molecule has 7 heteroatoms. The van der Waals surface area contributed by atoms with Crippen LogP contribution in [0.25, 0.3) is 0 Å². The number of hydrogen-bond acceptors (Lipinski definition) is 3. The van der Waals surface area contributed by atoms with Crippen molar-refractivity contribution in [1.82, 2.24) is 10.2 Å². The van der Waals surface area contributed by atoms with Crippen molar-refractivity contribution in [2.75, 3.05) is 5.75 Å². The monoisotopic (exact) mass is 526 g/mol. The summed E-state index contributed by atoms with van der Waals surface area (Å²) in [6.07, 6.45) is 1.10. The van der Waals surface area contributed by atoms with Gasteiger partial charge in [0.15, 0.2) is 0 Å². The molecule has 0 radical (unpaired) electrons. The lowest BCUT2D eigenvalue weighted by atomic mass is 10.0. The minimum atomic E-state index is -0.778. The number of carbonyl (C=O) groups excluding carboxylic acids is 2. The van der Waals surface area contributed by atoms with Crippen LogP contribution in [0.1, 0.15) is 37.0 Å². The first kappa shape index (κ1) is 27.8. The summed E-state index contributed by atoms with van der Waals surface area (Å²) in [6.45, 7) is 3.93. The second kappa shape index (κ2) is 14.0. The lowest BCUT2D eigenvalue weighted by molar-refractivity contribution is -0.139. The quantitative estimate of drug-likeness (QED) is 0.303. The van der Waals surface area contributed by atoms with Gasteiger partial charge in [-0.25, -0.2) is 4.39 Å². The molecule has 1 N–H and O–H groups in total. The molecule has 0 heterocycles. The fourth-order valence-electron chi connectivity index (χ4n) is 3.77. The third kappa shape index (κ3) is 8.38. The molecule has 190 valence electrons. The van der Waals surface area contributed by atoms with Gasteiger partial charge in [-0.05, 0) is 42.7 Å². The lowest BCUT2D eigenvalue weighted by Crippen LogP contribution is -2.52. The number of rotatable bonds is 12. The third-order valence-electron chi connectivity index (χ3n) is 5.95. The summed E-state index contributed by atoms with van der Waals surface area (Å²) in [7, 11) is 0. The standard InChI is InChI=1S/C29H32ClFN2O2S/c1-3-21(2)32-29(35)27(17-22-10-5-4-6-11-22)33(18-24-13-7-8-15-26(24)31)28(34)20-36-19-23-12-9-14-25(30)16-23/h4-16,21,27H,3,17-20H2,1-2H3,(H,32,35)/t21-,27-/m1/s1. The van der Waals surface area contributed by atoms with E-state index in [9.17, 15) is 14.0 Å². The Kier molecular flexibility index (Phi) is 10.8. The van der Waals surface area contributed by atoms with Crippen LogP contribution in [0.5, 0.6) is 0 Å². The molecule has 0 saturated heterocycles. The van der Waals surface area contributed by atoms with Crippen molar-refractivity contribution in [2.45, 2.75) is 51.1 Å². The van der Waals surface area contributed by atoms with Crippen LogP contribution in [-0.2, 0) is 28.3 Å². The predicted molar refractivity (Wildman–Crippen MR) is 146 cm³/mol. The number of hydrogen-bond donors (Lipinski definition) is 1. The van der Waals surface area contributed by atoms with Gasteiger partial charge in [-0.3, -0.25) is 9.59 Å². The number of benzene rings is 3. The maximum atomic E-state index is 14.6. The number of carbonyl (C=O) groups is 2. The first-order valence-electron chi connectivity index (χ1n) is 12.1. The second-order valence-electron chi connectivity index (χ2n) is 8.76. The number of nitrogens with one attached hydrogen (secondary N) is 1. The Balaban J connectivity index is 1.86. The second-order valence-corrected chi connectivity index (χ2v) is 10.2. The molecule has 0 bridgehead atoms. The highest BCUT2D eigenvalue weighted by Crippen LogP contribution is 2.21. The molecule has 0 fully saturated rings. The van der Waals surface area contributed by atoms with Crippen molar-refractivity contribution >= 4 is 35.2 Å². The number of thioether (sulfide) groups is 1. The van der Waals surface area contributed by atoms with Crippen molar-refractivity contribution in [3.63, 3.8) is 0 Å². The average molecular weight is 527 g/mol. The molecular weight excluding hydrogens is 495 g/mol. The van der Waals surface area contributed by atoms with E-state index < -0.39 is 11.9 Å². The summed E-state index contributed by atoms with van der Waals surface area (Å²) in [4.78, 5) is 28.6. The molecule has 0 aliphatic rings. The van der Waals surface area contributed by atoms with Crippen molar-refractivity contribution in [3.8, 4) is 0 Å². The minimum absolute atomic E-state index is 0.00859. The Hall–Kier alpha value is -2.83. The molecule has 3 aromatic carbocycles. The zero-order valence-corrected chi connectivity index (χ0v) is 22.2. The van der Waals surface area contributed by atoms with Crippen molar-refractivity contribution < 1.29 is 14.0 Å². The lowest BCUT2D eigenvalue weighted by Gasteiger charge is -2.32. The Bertz CT molecular complexity index is 1140. The highest BCUT2D eigenvalue weighted by atomic mass is 35.5. The van der Waals surface area contributed by atoms with Crippen LogP contribution in [0, 0.1) is 5.82 Å². The summed E-state index contributed by atoms with van der Waals surface area (Å²) in [5.41, 5.74) is 2.32. The van der Waals surface area contributed by atoms with Crippen molar-refractivity contribution in [2.24, 2.45) is 0 Å². The first-order valence-corrected chi connectivity index (χ1v) is 13.6. The van der Waals surface area contributed by atoms with Gasteiger partial charge in [0, 0.05) is 35.3 Å². The molecule has 36 heavy (non-hydrogen) atoms. The topological polar surface area (TPSA) is 49.4 Å². The molecule has 3 rings (SSSR count). The molecule has 3 aromatic rings. The van der Waals surface area contributed by atoms with Crippen LogP contribution < -0.4 is 5.32 Å². The summed E-state index contributed by atoms with van der Waals surface area (Å²) >= 11 is 7.53. The Morgan fingerprint density at radius 3 is 2.39 bits per heavy atom. The summed E-state index contributed by atoms with van der Waals surface area (Å²) in [5.74, 6) is -0.101. The zero-order chi connectivity index (χ0) is 25.9. The molecule has 0 aliphatic heterocycles. The SMILES string of the molecule is CC[C@@H](C)NC(=O)[C@@H](Cc1ccccc1)N(Cc1ccccc1F)C(=O)CSCc1cccc(Cl)c1. The van der Waals surface area contributed by atoms with E-state index in [1.807, 2.05) is 62.4 Å². The van der Waals surface area contributed by atoms with E-state index in [0.717, 1.165) is 17.5 Å². The van der Waals surface area contributed by atoms with Crippen LogP contribution in [-0.4, -0.2) is 34.6 Å². The van der Waals surface area contributed by atoms with Gasteiger partial charge < -0.3 is 10.2 Å². The van der Waals surface area contributed by atoms with Gasteiger partial charge in [0.05, 0.1) is 5.75 Å². The van der Waals surface area contributed by atoms with Gasteiger partial charge in [-0.15, -0.1) is 11.8 Å². The van der Waals surface area contributed by atoms with Gasteiger partial charge in [0.1, 0.15) is 11.9 Å². The smallest absolute Gasteiger partial charge is 0.243 e. The fourth-order valence-corrected chi connectivity index (χ4v) is 4.84. The zero-order valence-electron chi connectivity index (χ0n) is 20.6. The van der Waals surface area contributed by atoms with E-state index in [0.29, 0.717) is 22.8 Å². The Labute approximate surface area is 222 Å². The molecule has 0 unspecified atom stereocenters. The van der Waals surface area contributed by atoms with E-state index >= 15 is 0 Å². The van der Waals surface area contributed by atoms with E-state index in [1.54, 1.807) is 24.3 Å². The van der Waals surface area contributed by atoms with E-state index in [2.05, 4.69) is 5.32 Å². The van der Waals surface area contributed by atoms with E-state index in [1.165, 1.54) is 22.7 Å². The van der Waals surface area contributed by atoms with Crippen molar-refractivity contribution in [3.05, 3.63) is 106 Å².